The molecule has 0 bridgehead atoms. The monoisotopic (exact) mass is 292 g/mol. The normalized spacial score (nSPS) is 12.8. The van der Waals surface area contributed by atoms with Crippen molar-refractivity contribution in [1.29, 1.82) is 0 Å². The summed E-state index contributed by atoms with van der Waals surface area (Å²) in [4.78, 5) is 0. The molecule has 0 heterocycles. The van der Waals surface area contributed by atoms with Crippen molar-refractivity contribution in [3.8, 4) is 0 Å². The van der Waals surface area contributed by atoms with Crippen LogP contribution in [0.4, 0.5) is 0 Å². The molecule has 110 valence electrons. The lowest BCUT2D eigenvalue weighted by molar-refractivity contribution is 0.835. The van der Waals surface area contributed by atoms with Crippen LogP contribution in [0.25, 0.3) is 0 Å². The van der Waals surface area contributed by atoms with Crippen LogP contribution in [0.1, 0.15) is 59.3 Å². The quantitative estimate of drug-likeness (QED) is 0.412. The molecule has 0 saturated carbocycles. The number of unbranched alkanes of at least 4 members (excludes halogenated alkanes) is 3. The summed E-state index contributed by atoms with van der Waals surface area (Å²) >= 11 is 0. The van der Waals surface area contributed by atoms with Gasteiger partial charge in [-0.05, 0) is 39.3 Å². The van der Waals surface area contributed by atoms with Crippen LogP contribution in [0.3, 0.4) is 0 Å². The summed E-state index contributed by atoms with van der Waals surface area (Å²) < 4.78 is 5.48. The Balaban J connectivity index is 4.98. The highest BCUT2D eigenvalue weighted by Gasteiger charge is 2.36. The summed E-state index contributed by atoms with van der Waals surface area (Å²) in [6, 6.07) is 0. The first-order valence-corrected chi connectivity index (χ1v) is 13.2. The van der Waals surface area contributed by atoms with E-state index in [4.69, 9.17) is 4.52 Å². The van der Waals surface area contributed by atoms with Crippen LogP contribution in [0.15, 0.2) is 4.52 Å². The number of hydrogen-bond donors (Lipinski definition) is 0. The Kier molecular flexibility index (Phi) is 9.90. The molecule has 0 amide bonds. The van der Waals surface area contributed by atoms with Crippen LogP contribution in [-0.4, -0.2) is 38.5 Å². The van der Waals surface area contributed by atoms with Gasteiger partial charge in [-0.1, -0.05) is 40.0 Å². The maximum Gasteiger partial charge on any atom is 0.130 e. The predicted molar refractivity (Wildman–Crippen MR) is 93.4 cm³/mol. The molecule has 0 aromatic heterocycles. The predicted octanol–water partition coefficient (Wildman–Crippen LogP) is 6.41. The molecule has 0 aliphatic carbocycles. The van der Waals surface area contributed by atoms with E-state index in [1.165, 1.54) is 57.0 Å². The molecule has 0 saturated heterocycles. The molecule has 0 unspecified atom stereocenters. The second-order valence-electron chi connectivity index (χ2n) is 6.36. The Labute approximate surface area is 117 Å². The van der Waals surface area contributed by atoms with Gasteiger partial charge >= 0.3 is 0 Å². The van der Waals surface area contributed by atoms with Crippen LogP contribution < -0.4 is 0 Å². The average molecular weight is 292 g/mol. The molecule has 0 spiro atoms. The van der Waals surface area contributed by atoms with Gasteiger partial charge in [0.1, 0.15) is 7.41 Å². The summed E-state index contributed by atoms with van der Waals surface area (Å²) in [6.45, 7) is 14.1. The van der Waals surface area contributed by atoms with Crippen molar-refractivity contribution in [2.45, 2.75) is 59.3 Å². The van der Waals surface area contributed by atoms with Crippen molar-refractivity contribution in [3.63, 3.8) is 0 Å². The van der Waals surface area contributed by atoms with E-state index in [2.05, 4.69) is 40.8 Å². The third kappa shape index (κ3) is 8.71. The fourth-order valence-corrected chi connectivity index (χ4v) is 11.4. The van der Waals surface area contributed by atoms with Crippen LogP contribution in [0.5, 0.6) is 0 Å². The summed E-state index contributed by atoms with van der Waals surface area (Å²) in [5.74, 6) is 0. The molecule has 18 heavy (non-hydrogen) atoms. The molecule has 0 fully saturated rings. The zero-order valence-corrected chi connectivity index (χ0v) is 15.5. The minimum absolute atomic E-state index is 0.983. The summed E-state index contributed by atoms with van der Waals surface area (Å²) in [5.41, 5.74) is 0. The van der Waals surface area contributed by atoms with Crippen molar-refractivity contribution in [2.75, 3.05) is 38.5 Å². The third-order valence-corrected chi connectivity index (χ3v) is 10.4. The van der Waals surface area contributed by atoms with Crippen molar-refractivity contribution in [2.24, 2.45) is 4.52 Å². The maximum absolute atomic E-state index is 5.48. The highest BCUT2D eigenvalue weighted by atomic mass is 31.2. The fourth-order valence-electron chi connectivity index (χ4n) is 2.40. The molecule has 1 nitrogen and oxygen atoms in total. The molecule has 0 N–H and O–H groups in total. The van der Waals surface area contributed by atoms with Gasteiger partial charge in [0.2, 0.25) is 0 Å². The molecule has 0 radical (unpaired) electrons. The average Bonchev–Trinajstić information content (AvgIpc) is 2.29. The SMILES string of the molecule is CCCC[P+](CCCC)(CCCC)N=P(C)(C)C. The van der Waals surface area contributed by atoms with E-state index in [-0.39, 0.29) is 0 Å². The standard InChI is InChI=1S/C15H36NP2/c1-7-10-13-18(14-11-8-2,15-12-9-3)16-17(4,5)6/h7-15H2,1-6H3/q+1. The van der Waals surface area contributed by atoms with Gasteiger partial charge < -0.3 is 0 Å². The van der Waals surface area contributed by atoms with Crippen molar-refractivity contribution in [1.82, 2.24) is 0 Å². The number of rotatable bonds is 10. The second-order valence-corrected chi connectivity index (χ2v) is 14.5. The first-order chi connectivity index (χ1) is 8.39. The van der Waals surface area contributed by atoms with E-state index in [1.54, 1.807) is 0 Å². The highest BCUT2D eigenvalue weighted by molar-refractivity contribution is 7.81. The van der Waals surface area contributed by atoms with Gasteiger partial charge in [0, 0.05) is 7.05 Å². The second kappa shape index (κ2) is 9.55. The maximum atomic E-state index is 5.48. The van der Waals surface area contributed by atoms with Gasteiger partial charge in [-0.3, -0.25) is 0 Å². The summed E-state index contributed by atoms with van der Waals surface area (Å²) in [6.07, 6.45) is 12.5. The van der Waals surface area contributed by atoms with E-state index in [9.17, 15) is 0 Å². The smallest absolute Gasteiger partial charge is 0.130 e. The lowest BCUT2D eigenvalue weighted by Crippen LogP contribution is -2.06. The summed E-state index contributed by atoms with van der Waals surface area (Å²) in [5, 5.41) is 0. The Hall–Kier alpha value is 0.660. The van der Waals surface area contributed by atoms with Crippen LogP contribution in [0.2, 0.25) is 0 Å². The number of hydrogen-bond acceptors (Lipinski definition) is 1. The molecule has 0 rings (SSSR count). The van der Waals surface area contributed by atoms with Crippen LogP contribution >= 0.6 is 14.5 Å². The number of nitrogens with zero attached hydrogens (tertiary/aromatic N) is 1. The third-order valence-electron chi connectivity index (χ3n) is 3.24. The van der Waals surface area contributed by atoms with Crippen molar-refractivity contribution in [3.05, 3.63) is 0 Å². The molecule has 0 aromatic carbocycles. The van der Waals surface area contributed by atoms with Gasteiger partial charge in [0.05, 0.1) is 18.5 Å². The Morgan fingerprint density at radius 1 is 0.722 bits per heavy atom. The van der Waals surface area contributed by atoms with Crippen molar-refractivity contribution < 1.29 is 0 Å². The van der Waals surface area contributed by atoms with Crippen molar-refractivity contribution >= 4 is 14.5 Å². The molecular weight excluding hydrogens is 256 g/mol. The molecular formula is C15H36NP2+. The Morgan fingerprint density at radius 3 is 1.28 bits per heavy atom. The largest absolute Gasteiger partial charge is 0.152 e. The van der Waals surface area contributed by atoms with Crippen LogP contribution in [-0.2, 0) is 0 Å². The van der Waals surface area contributed by atoms with Gasteiger partial charge in [-0.25, -0.2) is 0 Å². The van der Waals surface area contributed by atoms with E-state index < -0.39 is 14.5 Å². The summed E-state index contributed by atoms with van der Waals surface area (Å²) in [7, 11) is -1.98. The van der Waals surface area contributed by atoms with Gasteiger partial charge in [0.25, 0.3) is 0 Å². The minimum Gasteiger partial charge on any atom is -0.152 e. The zero-order valence-electron chi connectivity index (χ0n) is 13.7. The first kappa shape index (κ1) is 18.7. The lowest BCUT2D eigenvalue weighted by Gasteiger charge is -2.25. The Morgan fingerprint density at radius 2 is 1.06 bits per heavy atom. The van der Waals surface area contributed by atoms with Gasteiger partial charge in [0.15, 0.2) is 0 Å². The van der Waals surface area contributed by atoms with E-state index >= 15 is 0 Å². The van der Waals surface area contributed by atoms with Gasteiger partial charge in [-0.2, -0.15) is 4.52 Å². The molecule has 0 aliphatic rings. The van der Waals surface area contributed by atoms with E-state index in [0.29, 0.717) is 0 Å². The molecule has 0 atom stereocenters. The lowest BCUT2D eigenvalue weighted by atomic mass is 10.4. The first-order valence-electron chi connectivity index (χ1n) is 7.81. The van der Waals surface area contributed by atoms with Crippen LogP contribution in [0, 0.1) is 0 Å². The van der Waals surface area contributed by atoms with Gasteiger partial charge in [-0.15, -0.1) is 0 Å². The zero-order chi connectivity index (χ0) is 14.1. The highest BCUT2D eigenvalue weighted by Crippen LogP contribution is 2.67. The topological polar surface area (TPSA) is 12.4 Å². The van der Waals surface area contributed by atoms with E-state index in [0.717, 1.165) is 0 Å². The van der Waals surface area contributed by atoms with E-state index in [1.807, 2.05) is 0 Å². The molecule has 0 aromatic rings. The fraction of sp³-hybridized carbons (Fsp3) is 1.00. The Bertz CT molecular complexity index is 225. The molecule has 3 heteroatoms. The minimum atomic E-state index is -0.993. The molecule has 0 aliphatic heterocycles.